The van der Waals surface area contributed by atoms with Gasteiger partial charge in [-0.3, -0.25) is 0 Å². The molecule has 1 saturated carbocycles. The Kier molecular flexibility index (Phi) is 3.94. The Morgan fingerprint density at radius 1 is 1.29 bits per heavy atom. The van der Waals surface area contributed by atoms with E-state index in [1.165, 1.54) is 0 Å². The van der Waals surface area contributed by atoms with E-state index in [0.717, 1.165) is 4.47 Å². The lowest BCUT2D eigenvalue weighted by Gasteiger charge is -2.32. The molecule has 1 aliphatic rings. The fourth-order valence-corrected chi connectivity index (χ4v) is 4.74. The van der Waals surface area contributed by atoms with Gasteiger partial charge in [-0.25, -0.2) is 13.1 Å². The smallest absolute Gasteiger partial charge is 0.241 e. The minimum atomic E-state index is -3.46. The van der Waals surface area contributed by atoms with Crippen molar-refractivity contribution in [3.63, 3.8) is 0 Å². The Morgan fingerprint density at radius 2 is 1.94 bits per heavy atom. The van der Waals surface area contributed by atoms with E-state index in [0.29, 0.717) is 17.3 Å². The molecule has 0 aliphatic heterocycles. The van der Waals surface area contributed by atoms with E-state index in [9.17, 15) is 8.42 Å². The minimum absolute atomic E-state index is 0.0365. The van der Waals surface area contributed by atoms with Gasteiger partial charge < -0.3 is 5.73 Å². The molecule has 4 nitrogen and oxygen atoms in total. The molecule has 1 aromatic carbocycles. The number of rotatable bonds is 3. The van der Waals surface area contributed by atoms with Gasteiger partial charge in [-0.15, -0.1) is 0 Å². The van der Waals surface area contributed by atoms with Gasteiger partial charge in [0.05, 0.1) is 4.90 Å². The van der Waals surface area contributed by atoms with E-state index in [-0.39, 0.29) is 17.0 Å². The molecule has 0 bridgehead atoms. The summed E-state index contributed by atoms with van der Waals surface area (Å²) in [6.07, 6.45) is 1.40. The Morgan fingerprint density at radius 3 is 2.47 bits per heavy atom. The average molecular weight is 384 g/mol. The van der Waals surface area contributed by atoms with Crippen molar-refractivity contribution in [3.8, 4) is 0 Å². The molecule has 1 fully saturated rings. The number of nitrogens with two attached hydrogens (primary N) is 1. The van der Waals surface area contributed by atoms with Gasteiger partial charge in [-0.1, -0.05) is 15.9 Å². The third-order valence-corrected chi connectivity index (χ3v) is 5.67. The summed E-state index contributed by atoms with van der Waals surface area (Å²) in [5, 5.41) is 0. The van der Waals surface area contributed by atoms with Crippen molar-refractivity contribution in [2.75, 3.05) is 0 Å². The van der Waals surface area contributed by atoms with Crippen LogP contribution < -0.4 is 10.5 Å². The Labute approximate surface area is 117 Å². The van der Waals surface area contributed by atoms with Gasteiger partial charge in [0.15, 0.2) is 0 Å². The van der Waals surface area contributed by atoms with E-state index in [2.05, 4.69) is 36.6 Å². The van der Waals surface area contributed by atoms with Crippen molar-refractivity contribution in [1.82, 2.24) is 4.72 Å². The topological polar surface area (TPSA) is 72.2 Å². The first-order chi connectivity index (χ1) is 7.88. The summed E-state index contributed by atoms with van der Waals surface area (Å²) < 4.78 is 28.2. The van der Waals surface area contributed by atoms with E-state index >= 15 is 0 Å². The van der Waals surface area contributed by atoms with Gasteiger partial charge in [0, 0.05) is 21.0 Å². The fraction of sp³-hybridized carbons (Fsp3) is 0.400. The number of halogens is 2. The molecule has 0 saturated heterocycles. The highest BCUT2D eigenvalue weighted by Crippen LogP contribution is 2.27. The first-order valence-electron chi connectivity index (χ1n) is 5.11. The molecule has 0 aromatic heterocycles. The van der Waals surface area contributed by atoms with E-state index in [4.69, 9.17) is 5.73 Å². The second kappa shape index (κ2) is 4.97. The Balaban J connectivity index is 2.20. The molecular formula is C10H12Br2N2O2S. The van der Waals surface area contributed by atoms with Crippen LogP contribution in [0.1, 0.15) is 12.8 Å². The summed E-state index contributed by atoms with van der Waals surface area (Å²) >= 11 is 6.54. The zero-order valence-electron chi connectivity index (χ0n) is 8.86. The summed E-state index contributed by atoms with van der Waals surface area (Å²) in [7, 11) is -3.46. The molecule has 1 aromatic rings. The summed E-state index contributed by atoms with van der Waals surface area (Å²) in [5.74, 6) is 0. The molecule has 0 unspecified atom stereocenters. The zero-order valence-corrected chi connectivity index (χ0v) is 12.8. The van der Waals surface area contributed by atoms with Crippen LogP contribution in [0, 0.1) is 0 Å². The summed E-state index contributed by atoms with van der Waals surface area (Å²) in [6, 6.07) is 5.06. The molecule has 0 atom stereocenters. The van der Waals surface area contributed by atoms with Crippen molar-refractivity contribution in [3.05, 3.63) is 27.1 Å². The lowest BCUT2D eigenvalue weighted by molar-refractivity contribution is 0.327. The van der Waals surface area contributed by atoms with Crippen LogP contribution in [0.5, 0.6) is 0 Å². The van der Waals surface area contributed by atoms with Crippen LogP contribution >= 0.6 is 31.9 Å². The van der Waals surface area contributed by atoms with E-state index < -0.39 is 10.0 Å². The van der Waals surface area contributed by atoms with Crippen LogP contribution in [0.4, 0.5) is 0 Å². The third-order valence-electron chi connectivity index (χ3n) is 2.68. The molecule has 7 heteroatoms. The van der Waals surface area contributed by atoms with Crippen molar-refractivity contribution in [1.29, 1.82) is 0 Å². The fourth-order valence-electron chi connectivity index (χ4n) is 1.73. The van der Waals surface area contributed by atoms with Gasteiger partial charge in [-0.05, 0) is 47.0 Å². The average Bonchev–Trinajstić information content (AvgIpc) is 2.14. The Bertz CT molecular complexity index is 527. The maximum absolute atomic E-state index is 12.1. The summed E-state index contributed by atoms with van der Waals surface area (Å²) in [6.45, 7) is 0. The van der Waals surface area contributed by atoms with Crippen molar-refractivity contribution >= 4 is 41.9 Å². The largest absolute Gasteiger partial charge is 0.328 e. The summed E-state index contributed by atoms with van der Waals surface area (Å²) in [4.78, 5) is 0.251. The number of sulfonamides is 1. The molecular weight excluding hydrogens is 372 g/mol. The lowest BCUT2D eigenvalue weighted by Crippen LogP contribution is -2.50. The normalized spacial score (nSPS) is 24.4. The lowest BCUT2D eigenvalue weighted by atomic mass is 9.89. The molecule has 94 valence electrons. The number of hydrogen-bond donors (Lipinski definition) is 2. The van der Waals surface area contributed by atoms with Crippen LogP contribution in [-0.2, 0) is 10.0 Å². The highest BCUT2D eigenvalue weighted by molar-refractivity contribution is 9.11. The molecule has 3 N–H and O–H groups in total. The van der Waals surface area contributed by atoms with Crippen LogP contribution in [-0.4, -0.2) is 20.5 Å². The molecule has 0 spiro atoms. The van der Waals surface area contributed by atoms with Gasteiger partial charge >= 0.3 is 0 Å². The van der Waals surface area contributed by atoms with Gasteiger partial charge in [0.1, 0.15) is 0 Å². The van der Waals surface area contributed by atoms with Crippen molar-refractivity contribution in [2.24, 2.45) is 5.73 Å². The maximum Gasteiger partial charge on any atom is 0.241 e. The third kappa shape index (κ3) is 3.08. The van der Waals surface area contributed by atoms with Gasteiger partial charge in [0.25, 0.3) is 0 Å². The number of nitrogens with one attached hydrogen (secondary N) is 1. The minimum Gasteiger partial charge on any atom is -0.328 e. The maximum atomic E-state index is 12.1. The van der Waals surface area contributed by atoms with Gasteiger partial charge in [-0.2, -0.15) is 0 Å². The van der Waals surface area contributed by atoms with Crippen LogP contribution in [0.15, 0.2) is 32.0 Å². The standard InChI is InChI=1S/C10H12Br2N2O2S/c11-6-1-2-10(9(12)3-6)17(15,16)14-8-4-7(13)5-8/h1-3,7-8,14H,4-5,13H2. The first kappa shape index (κ1) is 13.5. The predicted molar refractivity (Wildman–Crippen MR) is 73.2 cm³/mol. The first-order valence-corrected chi connectivity index (χ1v) is 8.18. The molecule has 1 aliphatic carbocycles. The molecule has 17 heavy (non-hydrogen) atoms. The highest BCUT2D eigenvalue weighted by Gasteiger charge is 2.30. The van der Waals surface area contributed by atoms with Gasteiger partial charge in [0.2, 0.25) is 10.0 Å². The monoisotopic (exact) mass is 382 g/mol. The Hall–Kier alpha value is 0.0500. The zero-order chi connectivity index (χ0) is 12.6. The van der Waals surface area contributed by atoms with Crippen LogP contribution in [0.25, 0.3) is 0 Å². The number of hydrogen-bond acceptors (Lipinski definition) is 3. The SMILES string of the molecule is NC1CC(NS(=O)(=O)c2ccc(Br)cc2Br)C1. The second-order valence-corrected chi connectivity index (χ2v) is 7.58. The van der Waals surface area contributed by atoms with Crippen molar-refractivity contribution < 1.29 is 8.42 Å². The second-order valence-electron chi connectivity index (χ2n) is 4.12. The quantitative estimate of drug-likeness (QED) is 0.838. The summed E-state index contributed by atoms with van der Waals surface area (Å²) in [5.41, 5.74) is 5.63. The molecule has 0 heterocycles. The number of benzene rings is 1. The highest BCUT2D eigenvalue weighted by atomic mass is 79.9. The van der Waals surface area contributed by atoms with E-state index in [1.54, 1.807) is 18.2 Å². The molecule has 0 radical (unpaired) electrons. The van der Waals surface area contributed by atoms with Crippen LogP contribution in [0.3, 0.4) is 0 Å². The predicted octanol–water partition coefficient (Wildman–Crippen LogP) is 1.98. The van der Waals surface area contributed by atoms with Crippen LogP contribution in [0.2, 0.25) is 0 Å². The molecule has 0 amide bonds. The van der Waals surface area contributed by atoms with Crippen molar-refractivity contribution in [2.45, 2.75) is 29.8 Å². The molecule has 2 rings (SSSR count). The van der Waals surface area contributed by atoms with E-state index in [1.807, 2.05) is 0 Å².